The molecular formula is C11H12BrNO2S. The number of hydrogen-bond acceptors (Lipinski definition) is 2. The molecule has 1 aromatic carbocycles. The molecule has 1 aliphatic heterocycles. The first kappa shape index (κ1) is 11.8. The van der Waals surface area contributed by atoms with Crippen molar-refractivity contribution in [1.29, 1.82) is 0 Å². The molecule has 1 aliphatic rings. The second kappa shape index (κ2) is 3.67. The largest absolute Gasteiger partial charge is 0.313 e. The van der Waals surface area contributed by atoms with Gasteiger partial charge in [-0.05, 0) is 32.0 Å². The lowest BCUT2D eigenvalue weighted by molar-refractivity contribution is -0.120. The van der Waals surface area contributed by atoms with E-state index in [1.165, 1.54) is 0 Å². The molecule has 0 aromatic heterocycles. The predicted molar refractivity (Wildman–Crippen MR) is 68.0 cm³/mol. The minimum Gasteiger partial charge on any atom is -0.313 e. The van der Waals surface area contributed by atoms with Crippen LogP contribution in [0.2, 0.25) is 0 Å². The van der Waals surface area contributed by atoms with Crippen LogP contribution in [0.1, 0.15) is 13.8 Å². The van der Waals surface area contributed by atoms with Crippen molar-refractivity contribution in [3.05, 3.63) is 22.7 Å². The minimum atomic E-state index is -1.31. The summed E-state index contributed by atoms with van der Waals surface area (Å²) in [7, 11) is 0.408. The molecule has 0 saturated heterocycles. The summed E-state index contributed by atoms with van der Waals surface area (Å²) in [5.41, 5.74) is 0.728. The van der Waals surface area contributed by atoms with E-state index in [-0.39, 0.29) is 5.91 Å². The predicted octanol–water partition coefficient (Wildman–Crippen LogP) is 2.31. The highest BCUT2D eigenvalue weighted by atomic mass is 79.9. The van der Waals surface area contributed by atoms with Crippen LogP contribution in [0, 0.1) is 0 Å². The molecule has 0 saturated carbocycles. The molecule has 1 atom stereocenters. The number of fused-ring (bicyclic) bond motifs is 1. The molecule has 1 amide bonds. The van der Waals surface area contributed by atoms with Crippen molar-refractivity contribution in [2.24, 2.45) is 0 Å². The maximum absolute atomic E-state index is 12.3. The van der Waals surface area contributed by atoms with Crippen molar-refractivity contribution in [3.63, 3.8) is 0 Å². The second-order valence-corrected chi connectivity index (χ2v) is 7.17. The highest BCUT2D eigenvalue weighted by Crippen LogP contribution is 2.37. The summed E-state index contributed by atoms with van der Waals surface area (Å²) in [6, 6.07) is 5.47. The van der Waals surface area contributed by atoms with Gasteiger partial charge in [0.25, 0.3) is 0 Å². The first-order chi connectivity index (χ1) is 7.35. The molecular weight excluding hydrogens is 290 g/mol. The van der Waals surface area contributed by atoms with E-state index < -0.39 is 15.5 Å². The van der Waals surface area contributed by atoms with Crippen LogP contribution in [-0.2, 0) is 15.6 Å². The lowest BCUT2D eigenvalue weighted by Crippen LogP contribution is -2.50. The molecule has 2 rings (SSSR count). The van der Waals surface area contributed by atoms with Crippen molar-refractivity contribution in [3.8, 4) is 0 Å². The van der Waals surface area contributed by atoms with E-state index in [0.29, 0.717) is 4.90 Å². The Hall–Kier alpha value is -0.680. The monoisotopic (exact) mass is 301 g/mol. The summed E-state index contributed by atoms with van der Waals surface area (Å²) in [6.45, 7) is 3.43. The van der Waals surface area contributed by atoms with Crippen molar-refractivity contribution in [2.75, 3.05) is 11.9 Å². The quantitative estimate of drug-likeness (QED) is 0.737. The Bertz CT molecular complexity index is 499. The van der Waals surface area contributed by atoms with Gasteiger partial charge in [-0.15, -0.1) is 0 Å². The zero-order valence-electron chi connectivity index (χ0n) is 9.28. The molecule has 0 bridgehead atoms. The van der Waals surface area contributed by atoms with E-state index in [1.54, 1.807) is 25.8 Å². The number of carbonyl (C=O) groups excluding carboxylic acids is 1. The topological polar surface area (TPSA) is 37.4 Å². The van der Waals surface area contributed by atoms with E-state index in [2.05, 4.69) is 15.9 Å². The third-order valence-corrected chi connectivity index (χ3v) is 5.09. The number of amides is 1. The lowest BCUT2D eigenvalue weighted by atomic mass is 10.1. The molecule has 16 heavy (non-hydrogen) atoms. The highest BCUT2D eigenvalue weighted by Gasteiger charge is 2.43. The van der Waals surface area contributed by atoms with Gasteiger partial charge in [0.2, 0.25) is 5.91 Å². The van der Waals surface area contributed by atoms with E-state index >= 15 is 0 Å². The van der Waals surface area contributed by atoms with Gasteiger partial charge in [-0.3, -0.25) is 9.00 Å². The maximum atomic E-state index is 12.3. The van der Waals surface area contributed by atoms with Gasteiger partial charge in [-0.2, -0.15) is 0 Å². The molecule has 0 radical (unpaired) electrons. The van der Waals surface area contributed by atoms with E-state index in [9.17, 15) is 9.00 Å². The summed E-state index contributed by atoms with van der Waals surface area (Å²) in [5, 5.41) is 0. The van der Waals surface area contributed by atoms with Gasteiger partial charge in [-0.25, -0.2) is 0 Å². The number of halogens is 1. The van der Waals surface area contributed by atoms with E-state index in [0.717, 1.165) is 10.2 Å². The van der Waals surface area contributed by atoms with Gasteiger partial charge in [0, 0.05) is 11.5 Å². The Morgan fingerprint density at radius 1 is 1.38 bits per heavy atom. The molecule has 0 spiro atoms. The first-order valence-corrected chi connectivity index (χ1v) is 6.79. The zero-order valence-corrected chi connectivity index (χ0v) is 11.7. The number of rotatable bonds is 0. The van der Waals surface area contributed by atoms with Gasteiger partial charge in [0.1, 0.15) is 4.75 Å². The zero-order chi connectivity index (χ0) is 12.1. The average molecular weight is 302 g/mol. The molecule has 5 heteroatoms. The number of hydrogen-bond donors (Lipinski definition) is 0. The smallest absolute Gasteiger partial charge is 0.245 e. The van der Waals surface area contributed by atoms with Crippen molar-refractivity contribution < 1.29 is 9.00 Å². The Labute approximate surface area is 105 Å². The summed E-state index contributed by atoms with van der Waals surface area (Å²) in [6.07, 6.45) is 0. The molecule has 0 N–H and O–H groups in total. The molecule has 0 fully saturated rings. The van der Waals surface area contributed by atoms with E-state index in [1.807, 2.05) is 18.2 Å². The summed E-state index contributed by atoms with van der Waals surface area (Å²) < 4.78 is 12.3. The normalized spacial score (nSPS) is 23.1. The SMILES string of the molecule is CN1C(=O)C(C)(C)S(=O)c2cc(Br)ccc21. The number of carbonyl (C=O) groups is 1. The van der Waals surface area contributed by atoms with Crippen LogP contribution in [0.25, 0.3) is 0 Å². The van der Waals surface area contributed by atoms with Crippen LogP contribution in [0.15, 0.2) is 27.6 Å². The third-order valence-electron chi connectivity index (χ3n) is 2.77. The fraction of sp³-hybridized carbons (Fsp3) is 0.364. The number of anilines is 1. The summed E-state index contributed by atoms with van der Waals surface area (Å²) >= 11 is 3.35. The fourth-order valence-corrected chi connectivity index (χ4v) is 3.77. The average Bonchev–Trinajstić information content (AvgIpc) is 2.24. The summed E-state index contributed by atoms with van der Waals surface area (Å²) in [4.78, 5) is 14.3. The van der Waals surface area contributed by atoms with Crippen LogP contribution < -0.4 is 4.90 Å². The molecule has 1 heterocycles. The first-order valence-electron chi connectivity index (χ1n) is 4.85. The van der Waals surface area contributed by atoms with Crippen LogP contribution in [0.5, 0.6) is 0 Å². The van der Waals surface area contributed by atoms with Crippen LogP contribution in [-0.4, -0.2) is 21.9 Å². The Balaban J connectivity index is 2.70. The Kier molecular flexibility index (Phi) is 2.70. The van der Waals surface area contributed by atoms with Crippen molar-refractivity contribution in [2.45, 2.75) is 23.5 Å². The molecule has 3 nitrogen and oxygen atoms in total. The van der Waals surface area contributed by atoms with Crippen LogP contribution in [0.3, 0.4) is 0 Å². The van der Waals surface area contributed by atoms with Gasteiger partial charge in [-0.1, -0.05) is 15.9 Å². The van der Waals surface area contributed by atoms with Crippen LogP contribution >= 0.6 is 15.9 Å². The van der Waals surface area contributed by atoms with Gasteiger partial charge >= 0.3 is 0 Å². The van der Waals surface area contributed by atoms with Crippen molar-refractivity contribution >= 4 is 38.3 Å². The summed E-state index contributed by atoms with van der Waals surface area (Å²) in [5.74, 6) is -0.111. The maximum Gasteiger partial charge on any atom is 0.245 e. The van der Waals surface area contributed by atoms with E-state index in [4.69, 9.17) is 0 Å². The third kappa shape index (κ3) is 1.53. The van der Waals surface area contributed by atoms with Crippen molar-refractivity contribution in [1.82, 2.24) is 0 Å². The van der Waals surface area contributed by atoms with Gasteiger partial charge in [0.05, 0.1) is 21.4 Å². The highest BCUT2D eigenvalue weighted by molar-refractivity contribution is 9.10. The van der Waals surface area contributed by atoms with Gasteiger partial charge < -0.3 is 4.90 Å². The molecule has 1 unspecified atom stereocenters. The minimum absolute atomic E-state index is 0.111. The number of benzene rings is 1. The lowest BCUT2D eigenvalue weighted by Gasteiger charge is -2.35. The van der Waals surface area contributed by atoms with Crippen LogP contribution in [0.4, 0.5) is 5.69 Å². The van der Waals surface area contributed by atoms with Gasteiger partial charge in [0.15, 0.2) is 0 Å². The fourth-order valence-electron chi connectivity index (χ4n) is 1.78. The molecule has 0 aliphatic carbocycles. The molecule has 1 aromatic rings. The standard InChI is InChI=1S/C11H12BrNO2S/c1-11(2)10(14)13(3)8-5-4-7(12)6-9(8)16(11)15/h4-6H,1-3H3. The Morgan fingerprint density at radius 2 is 2.00 bits per heavy atom. The second-order valence-electron chi connectivity index (χ2n) is 4.26. The Morgan fingerprint density at radius 3 is 2.62 bits per heavy atom. The number of nitrogens with zero attached hydrogens (tertiary/aromatic N) is 1. The molecule has 86 valence electrons.